The topological polar surface area (TPSA) is 9.23 Å². The average molecular weight is 499 g/mol. The Labute approximate surface area is 198 Å². The molecule has 1 nitrogen and oxygen atoms in total. The molecule has 8 heteroatoms. The molecule has 0 amide bonds. The summed E-state index contributed by atoms with van der Waals surface area (Å²) in [7, 11) is 0. The summed E-state index contributed by atoms with van der Waals surface area (Å²) >= 11 is 0. The molecule has 196 valence electrons. The van der Waals surface area contributed by atoms with Gasteiger partial charge in [-0.3, -0.25) is 0 Å². The van der Waals surface area contributed by atoms with Crippen LogP contribution < -0.4 is 0 Å². The molecule has 0 N–H and O–H groups in total. The minimum Gasteiger partial charge on any atom is -0.308 e. The number of rotatable bonds is 10. The number of hydrogen-bond acceptors (Lipinski definition) is 1. The van der Waals surface area contributed by atoms with E-state index in [-0.39, 0.29) is 12.3 Å². The van der Waals surface area contributed by atoms with E-state index in [1.165, 1.54) is 51.0 Å². The molecular formula is C26H37F7O. The van der Waals surface area contributed by atoms with Gasteiger partial charge in [-0.25, -0.2) is 4.39 Å². The second-order valence-corrected chi connectivity index (χ2v) is 10.4. The summed E-state index contributed by atoms with van der Waals surface area (Å²) in [6, 6.07) is 0. The molecule has 0 bridgehead atoms. The van der Waals surface area contributed by atoms with E-state index in [9.17, 15) is 30.7 Å². The molecule has 0 radical (unpaired) electrons. The maximum atomic E-state index is 13.8. The third-order valence-corrected chi connectivity index (χ3v) is 8.15. The number of alkyl halides is 7. The molecule has 0 heterocycles. The molecule has 0 saturated heterocycles. The average Bonchev–Trinajstić information content (AvgIpc) is 2.83. The highest BCUT2D eigenvalue weighted by molar-refractivity contribution is 5.27. The van der Waals surface area contributed by atoms with Gasteiger partial charge < -0.3 is 4.74 Å². The van der Waals surface area contributed by atoms with Crippen LogP contribution in [0.4, 0.5) is 30.7 Å². The SMILES string of the molecule is CCCC[C@H]1CC[C@H](C2CCC(C3=CCC(OC(F)(F)C(F)(F)C(F)(F)CF)C=C3)CC2)CC1. The van der Waals surface area contributed by atoms with Crippen molar-refractivity contribution in [2.24, 2.45) is 23.7 Å². The second kappa shape index (κ2) is 11.3. The van der Waals surface area contributed by atoms with Crippen molar-refractivity contribution in [2.45, 2.75) is 108 Å². The first-order valence-corrected chi connectivity index (χ1v) is 12.8. The van der Waals surface area contributed by atoms with E-state index in [2.05, 4.69) is 11.7 Å². The van der Waals surface area contributed by atoms with Crippen LogP contribution in [-0.2, 0) is 4.74 Å². The van der Waals surface area contributed by atoms with Crippen LogP contribution in [0.15, 0.2) is 23.8 Å². The van der Waals surface area contributed by atoms with Crippen LogP contribution in [0, 0.1) is 23.7 Å². The molecule has 3 aliphatic rings. The summed E-state index contributed by atoms with van der Waals surface area (Å²) in [5, 5.41) is 0. The molecular weight excluding hydrogens is 461 g/mol. The van der Waals surface area contributed by atoms with Crippen molar-refractivity contribution in [3.05, 3.63) is 23.8 Å². The van der Waals surface area contributed by atoms with Crippen LogP contribution in [0.25, 0.3) is 0 Å². The zero-order valence-corrected chi connectivity index (χ0v) is 19.9. The first-order valence-electron chi connectivity index (χ1n) is 12.8. The number of halogens is 7. The van der Waals surface area contributed by atoms with Gasteiger partial charge in [0.25, 0.3) is 0 Å². The van der Waals surface area contributed by atoms with Crippen LogP contribution in [0.5, 0.6) is 0 Å². The summed E-state index contributed by atoms with van der Waals surface area (Å²) in [6.45, 7) is -0.662. The van der Waals surface area contributed by atoms with Crippen molar-refractivity contribution in [3.8, 4) is 0 Å². The molecule has 0 aromatic carbocycles. The molecule has 1 unspecified atom stereocenters. The largest absolute Gasteiger partial charge is 0.426 e. The van der Waals surface area contributed by atoms with Crippen LogP contribution in [0.3, 0.4) is 0 Å². The molecule has 0 aromatic heterocycles. The maximum absolute atomic E-state index is 13.8. The lowest BCUT2D eigenvalue weighted by molar-refractivity contribution is -0.405. The zero-order chi connectivity index (χ0) is 25.0. The molecule has 0 spiro atoms. The standard InChI is InChI=1S/C26H37F7O/c1-2-3-4-18-5-7-19(8-6-18)20-9-11-21(12-10-20)22-13-15-23(16-14-22)34-26(32,33)25(30,31)24(28,29)17-27/h13-15,18-21,23H,2-12,16-17H2,1H3/t18-,19-,20?,21?,23?. The fourth-order valence-electron chi connectivity index (χ4n) is 5.93. The Morgan fingerprint density at radius 2 is 1.47 bits per heavy atom. The predicted octanol–water partition coefficient (Wildman–Crippen LogP) is 8.89. The highest BCUT2D eigenvalue weighted by Crippen LogP contribution is 2.48. The third kappa shape index (κ3) is 6.19. The van der Waals surface area contributed by atoms with Crippen molar-refractivity contribution in [2.75, 3.05) is 6.67 Å². The quantitative estimate of drug-likeness (QED) is 0.273. The number of unbranched alkanes of at least 4 members (excludes halogenated alkanes) is 1. The molecule has 2 saturated carbocycles. The van der Waals surface area contributed by atoms with Gasteiger partial charge in [0.05, 0.1) is 6.10 Å². The molecule has 2 fully saturated rings. The Morgan fingerprint density at radius 3 is 1.97 bits per heavy atom. The Bertz CT molecular complexity index is 702. The summed E-state index contributed by atoms with van der Waals surface area (Å²) in [5.41, 5.74) is 0.964. The first kappa shape index (κ1) is 27.5. The first-order chi connectivity index (χ1) is 16.0. The van der Waals surface area contributed by atoms with E-state index in [0.29, 0.717) is 0 Å². The normalized spacial score (nSPS) is 31.4. The smallest absolute Gasteiger partial charge is 0.308 e. The molecule has 34 heavy (non-hydrogen) atoms. The molecule has 3 rings (SSSR count). The summed E-state index contributed by atoms with van der Waals surface area (Å²) in [5.74, 6) is -8.77. The van der Waals surface area contributed by atoms with E-state index >= 15 is 0 Å². The lowest BCUT2D eigenvalue weighted by Gasteiger charge is -2.38. The van der Waals surface area contributed by atoms with Gasteiger partial charge in [0.2, 0.25) is 0 Å². The Morgan fingerprint density at radius 1 is 0.882 bits per heavy atom. The van der Waals surface area contributed by atoms with Gasteiger partial charge in [-0.1, -0.05) is 57.3 Å². The third-order valence-electron chi connectivity index (χ3n) is 8.15. The minimum atomic E-state index is -5.94. The van der Waals surface area contributed by atoms with Crippen molar-refractivity contribution in [1.82, 2.24) is 0 Å². The van der Waals surface area contributed by atoms with Crippen LogP contribution in [-0.4, -0.2) is 30.7 Å². The highest BCUT2D eigenvalue weighted by Gasteiger charge is 2.73. The Balaban J connectivity index is 1.45. The lowest BCUT2D eigenvalue weighted by Crippen LogP contribution is -2.57. The minimum absolute atomic E-state index is 0.111. The monoisotopic (exact) mass is 498 g/mol. The summed E-state index contributed by atoms with van der Waals surface area (Å²) in [4.78, 5) is 0. The number of ether oxygens (including phenoxy) is 1. The second-order valence-electron chi connectivity index (χ2n) is 10.4. The van der Waals surface area contributed by atoms with E-state index in [1.807, 2.05) is 0 Å². The molecule has 3 aliphatic carbocycles. The van der Waals surface area contributed by atoms with Gasteiger partial charge in [0, 0.05) is 0 Å². The van der Waals surface area contributed by atoms with E-state index in [1.54, 1.807) is 12.2 Å². The fourth-order valence-corrected chi connectivity index (χ4v) is 5.93. The van der Waals surface area contributed by atoms with Crippen molar-refractivity contribution < 1.29 is 35.5 Å². The molecule has 1 atom stereocenters. The Kier molecular flexibility index (Phi) is 9.18. The summed E-state index contributed by atoms with van der Waals surface area (Å²) in [6.07, 6.45) is 10.9. The predicted molar refractivity (Wildman–Crippen MR) is 118 cm³/mol. The number of allylic oxidation sites excluding steroid dienone is 2. The van der Waals surface area contributed by atoms with Crippen molar-refractivity contribution in [3.63, 3.8) is 0 Å². The van der Waals surface area contributed by atoms with E-state index < -0.39 is 30.7 Å². The fraction of sp³-hybridized carbons (Fsp3) is 0.846. The van der Waals surface area contributed by atoms with Crippen molar-refractivity contribution in [1.29, 1.82) is 0 Å². The van der Waals surface area contributed by atoms with Crippen molar-refractivity contribution >= 4 is 0 Å². The summed E-state index contributed by atoms with van der Waals surface area (Å²) < 4.78 is 96.7. The van der Waals surface area contributed by atoms with Gasteiger partial charge >= 0.3 is 18.0 Å². The van der Waals surface area contributed by atoms with Gasteiger partial charge in [-0.2, -0.15) is 26.3 Å². The Hall–Kier alpha value is -1.05. The molecule has 0 aromatic rings. The van der Waals surface area contributed by atoms with E-state index in [0.717, 1.165) is 49.0 Å². The van der Waals surface area contributed by atoms with E-state index in [4.69, 9.17) is 0 Å². The zero-order valence-electron chi connectivity index (χ0n) is 19.9. The lowest BCUT2D eigenvalue weighted by atomic mass is 9.67. The van der Waals surface area contributed by atoms with Crippen LogP contribution in [0.1, 0.15) is 84.0 Å². The van der Waals surface area contributed by atoms with Gasteiger partial charge in [-0.15, -0.1) is 0 Å². The van der Waals surface area contributed by atoms with Crippen LogP contribution in [0.2, 0.25) is 0 Å². The number of hydrogen-bond donors (Lipinski definition) is 0. The van der Waals surface area contributed by atoms with Gasteiger partial charge in [-0.05, 0) is 74.2 Å². The van der Waals surface area contributed by atoms with Gasteiger partial charge in [0.15, 0.2) is 6.67 Å². The van der Waals surface area contributed by atoms with Gasteiger partial charge in [0.1, 0.15) is 0 Å². The maximum Gasteiger partial charge on any atom is 0.426 e. The molecule has 0 aliphatic heterocycles. The van der Waals surface area contributed by atoms with Crippen LogP contribution >= 0.6 is 0 Å². The highest BCUT2D eigenvalue weighted by atomic mass is 19.4.